The Balaban J connectivity index is 1.89. The highest BCUT2D eigenvalue weighted by Crippen LogP contribution is 2.18. The summed E-state index contributed by atoms with van der Waals surface area (Å²) in [6.07, 6.45) is 0.926. The molecule has 106 valence electrons. The van der Waals surface area contributed by atoms with Crippen molar-refractivity contribution in [3.8, 4) is 11.4 Å². The number of carbonyl (C=O) groups excluding carboxylic acids is 1. The molecule has 0 radical (unpaired) electrons. The molecule has 2 N–H and O–H groups in total. The minimum atomic E-state index is 0.00964. The molecule has 0 spiro atoms. The summed E-state index contributed by atoms with van der Waals surface area (Å²) in [5, 5.41) is 10.5. The standard InChI is InChI=1S/C14H18N4OS/c1-3-10(2)15-12(19)9-20-14-16-13(17-18-14)11-7-5-4-6-8-11/h4-8,10H,3,9H2,1-2H3,(H,15,19)(H,16,17,18)/t10-/m1/s1. The van der Waals surface area contributed by atoms with Crippen molar-refractivity contribution in [2.24, 2.45) is 0 Å². The van der Waals surface area contributed by atoms with Gasteiger partial charge in [-0.05, 0) is 13.3 Å². The third-order valence-corrected chi connectivity index (χ3v) is 3.71. The van der Waals surface area contributed by atoms with Crippen molar-refractivity contribution in [2.75, 3.05) is 5.75 Å². The highest BCUT2D eigenvalue weighted by Gasteiger charge is 2.10. The number of aromatic nitrogens is 3. The summed E-state index contributed by atoms with van der Waals surface area (Å²) in [4.78, 5) is 16.0. The van der Waals surface area contributed by atoms with Crippen LogP contribution in [0.5, 0.6) is 0 Å². The molecule has 2 aromatic rings. The van der Waals surface area contributed by atoms with Gasteiger partial charge >= 0.3 is 0 Å². The van der Waals surface area contributed by atoms with E-state index in [0.29, 0.717) is 10.9 Å². The fourth-order valence-electron chi connectivity index (χ4n) is 1.58. The summed E-state index contributed by atoms with van der Waals surface area (Å²) in [6, 6.07) is 9.98. The maximum absolute atomic E-state index is 11.7. The van der Waals surface area contributed by atoms with Crippen LogP contribution in [0.4, 0.5) is 0 Å². The normalized spacial score (nSPS) is 12.1. The van der Waals surface area contributed by atoms with Gasteiger partial charge in [0.25, 0.3) is 0 Å². The van der Waals surface area contributed by atoms with Gasteiger partial charge in [0.1, 0.15) is 0 Å². The Morgan fingerprint density at radius 2 is 2.15 bits per heavy atom. The largest absolute Gasteiger partial charge is 0.353 e. The summed E-state index contributed by atoms with van der Waals surface area (Å²) in [6.45, 7) is 4.03. The first kappa shape index (κ1) is 14.6. The molecule has 1 amide bonds. The molecular weight excluding hydrogens is 272 g/mol. The number of amides is 1. The average Bonchev–Trinajstić information content (AvgIpc) is 2.95. The van der Waals surface area contributed by atoms with E-state index in [0.717, 1.165) is 17.8 Å². The van der Waals surface area contributed by atoms with Gasteiger partial charge in [0, 0.05) is 11.6 Å². The van der Waals surface area contributed by atoms with Gasteiger partial charge in [-0.15, -0.1) is 5.10 Å². The van der Waals surface area contributed by atoms with Crippen LogP contribution in [0.1, 0.15) is 20.3 Å². The van der Waals surface area contributed by atoms with Crippen molar-refractivity contribution in [1.82, 2.24) is 20.5 Å². The number of hydrogen-bond acceptors (Lipinski definition) is 4. The first-order valence-corrected chi connectivity index (χ1v) is 7.57. The van der Waals surface area contributed by atoms with Crippen LogP contribution in [0.15, 0.2) is 35.5 Å². The van der Waals surface area contributed by atoms with Gasteiger partial charge in [-0.3, -0.25) is 9.89 Å². The Morgan fingerprint density at radius 1 is 1.40 bits per heavy atom. The molecule has 1 aromatic carbocycles. The fraction of sp³-hybridized carbons (Fsp3) is 0.357. The van der Waals surface area contributed by atoms with Gasteiger partial charge in [-0.25, -0.2) is 4.98 Å². The predicted molar refractivity (Wildman–Crippen MR) is 80.4 cm³/mol. The SMILES string of the molecule is CC[C@@H](C)NC(=O)CSc1n[nH]c(-c2ccccc2)n1. The Hall–Kier alpha value is -1.82. The van der Waals surface area contributed by atoms with Crippen molar-refractivity contribution in [3.05, 3.63) is 30.3 Å². The molecule has 0 bridgehead atoms. The highest BCUT2D eigenvalue weighted by atomic mass is 32.2. The van der Waals surface area contributed by atoms with Crippen molar-refractivity contribution in [3.63, 3.8) is 0 Å². The lowest BCUT2D eigenvalue weighted by atomic mass is 10.2. The summed E-state index contributed by atoms with van der Waals surface area (Å²) in [5.74, 6) is 1.06. The number of benzene rings is 1. The Kier molecular flexibility index (Phi) is 5.17. The Labute approximate surface area is 122 Å². The molecule has 20 heavy (non-hydrogen) atoms. The van der Waals surface area contributed by atoms with Gasteiger partial charge in [-0.1, -0.05) is 49.0 Å². The lowest BCUT2D eigenvalue weighted by Gasteiger charge is -2.09. The highest BCUT2D eigenvalue weighted by molar-refractivity contribution is 7.99. The van der Waals surface area contributed by atoms with E-state index in [4.69, 9.17) is 0 Å². The minimum Gasteiger partial charge on any atom is -0.353 e. The molecule has 0 aliphatic rings. The molecular formula is C14H18N4OS. The van der Waals surface area contributed by atoms with E-state index in [1.54, 1.807) is 0 Å². The number of aromatic amines is 1. The summed E-state index contributed by atoms with van der Waals surface area (Å²) >= 11 is 1.33. The molecule has 5 nitrogen and oxygen atoms in total. The molecule has 2 rings (SSSR count). The minimum absolute atomic E-state index is 0.00964. The second-order valence-corrected chi connectivity index (χ2v) is 5.44. The topological polar surface area (TPSA) is 70.7 Å². The molecule has 0 aliphatic carbocycles. The van der Waals surface area contributed by atoms with Crippen molar-refractivity contribution < 1.29 is 4.79 Å². The lowest BCUT2D eigenvalue weighted by Crippen LogP contribution is -2.33. The van der Waals surface area contributed by atoms with E-state index < -0.39 is 0 Å². The molecule has 0 fully saturated rings. The second kappa shape index (κ2) is 7.09. The van der Waals surface area contributed by atoms with Crippen molar-refractivity contribution in [2.45, 2.75) is 31.5 Å². The van der Waals surface area contributed by atoms with Crippen LogP contribution in [0.3, 0.4) is 0 Å². The first-order valence-electron chi connectivity index (χ1n) is 6.59. The number of thioether (sulfide) groups is 1. The second-order valence-electron chi connectivity index (χ2n) is 4.50. The summed E-state index contributed by atoms with van der Waals surface area (Å²) in [7, 11) is 0. The van der Waals surface area contributed by atoms with Gasteiger partial charge in [0.05, 0.1) is 5.75 Å². The van der Waals surface area contributed by atoms with Gasteiger partial charge in [-0.2, -0.15) is 0 Å². The molecule has 1 aromatic heterocycles. The van der Waals surface area contributed by atoms with E-state index in [9.17, 15) is 4.79 Å². The zero-order valence-corrected chi connectivity index (χ0v) is 12.4. The van der Waals surface area contributed by atoms with E-state index in [1.807, 2.05) is 44.2 Å². The van der Waals surface area contributed by atoms with Crippen LogP contribution in [0.25, 0.3) is 11.4 Å². The quantitative estimate of drug-likeness (QED) is 0.802. The van der Waals surface area contributed by atoms with Crippen LogP contribution in [-0.2, 0) is 4.79 Å². The van der Waals surface area contributed by atoms with Crippen LogP contribution in [0.2, 0.25) is 0 Å². The monoisotopic (exact) mass is 290 g/mol. The number of hydrogen-bond donors (Lipinski definition) is 2. The first-order chi connectivity index (χ1) is 9.69. The van der Waals surface area contributed by atoms with E-state index in [1.165, 1.54) is 11.8 Å². The van der Waals surface area contributed by atoms with Gasteiger partial charge < -0.3 is 5.32 Å². The van der Waals surface area contributed by atoms with Crippen LogP contribution >= 0.6 is 11.8 Å². The molecule has 1 heterocycles. The number of nitrogens with zero attached hydrogens (tertiary/aromatic N) is 2. The Bertz CT molecular complexity index is 555. The third-order valence-electron chi connectivity index (χ3n) is 2.86. The maximum Gasteiger partial charge on any atom is 0.230 e. The zero-order valence-electron chi connectivity index (χ0n) is 11.6. The predicted octanol–water partition coefficient (Wildman–Crippen LogP) is 2.48. The van der Waals surface area contributed by atoms with Crippen LogP contribution in [0, 0.1) is 0 Å². The molecule has 1 atom stereocenters. The summed E-state index contributed by atoms with van der Waals surface area (Å²) < 4.78 is 0. The lowest BCUT2D eigenvalue weighted by molar-refractivity contribution is -0.119. The fourth-order valence-corrected chi connectivity index (χ4v) is 2.19. The third kappa shape index (κ3) is 4.09. The van der Waals surface area contributed by atoms with Crippen LogP contribution < -0.4 is 5.32 Å². The number of rotatable bonds is 6. The van der Waals surface area contributed by atoms with E-state index >= 15 is 0 Å². The Morgan fingerprint density at radius 3 is 2.85 bits per heavy atom. The molecule has 0 unspecified atom stereocenters. The number of nitrogens with one attached hydrogen (secondary N) is 2. The van der Waals surface area contributed by atoms with E-state index in [2.05, 4.69) is 20.5 Å². The van der Waals surface area contributed by atoms with Gasteiger partial charge in [0.15, 0.2) is 5.82 Å². The van der Waals surface area contributed by atoms with Crippen molar-refractivity contribution in [1.29, 1.82) is 0 Å². The zero-order chi connectivity index (χ0) is 14.4. The van der Waals surface area contributed by atoms with E-state index in [-0.39, 0.29) is 11.9 Å². The molecule has 0 aliphatic heterocycles. The maximum atomic E-state index is 11.7. The summed E-state index contributed by atoms with van der Waals surface area (Å²) in [5.41, 5.74) is 0.982. The smallest absolute Gasteiger partial charge is 0.230 e. The molecule has 6 heteroatoms. The average molecular weight is 290 g/mol. The molecule has 0 saturated carbocycles. The number of H-pyrrole nitrogens is 1. The number of carbonyl (C=O) groups is 1. The molecule has 0 saturated heterocycles. The van der Waals surface area contributed by atoms with Crippen LogP contribution in [-0.4, -0.2) is 32.9 Å². The van der Waals surface area contributed by atoms with Gasteiger partial charge in [0.2, 0.25) is 11.1 Å². The van der Waals surface area contributed by atoms with Crippen molar-refractivity contribution >= 4 is 17.7 Å².